The number of hydrogen-bond acceptors (Lipinski definition) is 3. The highest BCUT2D eigenvalue weighted by Gasteiger charge is 2.46. The van der Waals surface area contributed by atoms with Crippen molar-refractivity contribution in [1.29, 1.82) is 0 Å². The van der Waals surface area contributed by atoms with Crippen LogP contribution in [0.15, 0.2) is 42.7 Å². The van der Waals surface area contributed by atoms with E-state index >= 15 is 0 Å². The molecule has 0 saturated heterocycles. The van der Waals surface area contributed by atoms with Gasteiger partial charge in [0.2, 0.25) is 0 Å². The summed E-state index contributed by atoms with van der Waals surface area (Å²) in [6.07, 6.45) is 4.62. The average molecular weight is 437 g/mol. The normalized spacial score (nSPS) is 12.4. The van der Waals surface area contributed by atoms with Crippen LogP contribution in [0.2, 0.25) is 16.6 Å². The number of esters is 1. The molecule has 4 nitrogen and oxygen atoms in total. The molecule has 0 bridgehead atoms. The number of aromatic nitrogens is 2. The number of fused-ring (bicyclic) bond motifs is 1. The number of pyridine rings is 1. The third kappa shape index (κ3) is 3.96. The quantitative estimate of drug-likeness (QED) is 0.304. The van der Waals surface area contributed by atoms with Gasteiger partial charge in [-0.15, -0.1) is 0 Å². The Labute approximate surface area is 187 Å². The molecule has 2 aromatic heterocycles. The number of ether oxygens (including phenoxy) is 1. The Hall–Kier alpha value is -2.40. The molecular formula is C26H36N2O2Si. The summed E-state index contributed by atoms with van der Waals surface area (Å²) in [5.41, 5.74) is 6.64. The molecule has 0 atom stereocenters. The average Bonchev–Trinajstić information content (AvgIpc) is 3.13. The Morgan fingerprint density at radius 2 is 1.58 bits per heavy atom. The molecule has 3 aromatic rings. The molecule has 0 aliphatic heterocycles. The van der Waals surface area contributed by atoms with Crippen molar-refractivity contribution in [3.05, 3.63) is 65.0 Å². The number of methoxy groups -OCH3 is 1. The number of carbonyl (C=O) groups excluding carboxylic acids is 1. The highest BCUT2D eigenvalue weighted by atomic mass is 28.3. The largest absolute Gasteiger partial charge is 0.465 e. The Bertz CT molecular complexity index is 1040. The zero-order valence-electron chi connectivity index (χ0n) is 20.2. The fourth-order valence-electron chi connectivity index (χ4n) is 5.67. The van der Waals surface area contributed by atoms with Crippen LogP contribution in [0.4, 0.5) is 0 Å². The lowest BCUT2D eigenvalue weighted by atomic mass is 9.98. The Morgan fingerprint density at radius 3 is 2.10 bits per heavy atom. The van der Waals surface area contributed by atoms with Crippen molar-refractivity contribution in [2.75, 3.05) is 7.11 Å². The lowest BCUT2D eigenvalue weighted by Crippen LogP contribution is -2.51. The van der Waals surface area contributed by atoms with Crippen molar-refractivity contribution in [3.63, 3.8) is 0 Å². The molecule has 5 heteroatoms. The third-order valence-corrected chi connectivity index (χ3v) is 13.7. The summed E-state index contributed by atoms with van der Waals surface area (Å²) in [7, 11) is -0.521. The molecule has 3 rings (SSSR count). The summed E-state index contributed by atoms with van der Waals surface area (Å²) in [5, 5.41) is 1.06. The van der Waals surface area contributed by atoms with Crippen LogP contribution in [0.25, 0.3) is 11.0 Å². The van der Waals surface area contributed by atoms with Gasteiger partial charge in [0.25, 0.3) is 0 Å². The zero-order valence-corrected chi connectivity index (χ0v) is 21.2. The van der Waals surface area contributed by atoms with Crippen molar-refractivity contribution < 1.29 is 9.53 Å². The number of nitrogens with zero attached hydrogens (tertiary/aromatic N) is 2. The van der Waals surface area contributed by atoms with Crippen LogP contribution in [0, 0.1) is 6.92 Å². The van der Waals surface area contributed by atoms with E-state index in [0.717, 1.165) is 16.6 Å². The van der Waals surface area contributed by atoms with Crippen LogP contribution in [-0.2, 0) is 11.2 Å². The van der Waals surface area contributed by atoms with Gasteiger partial charge in [0, 0.05) is 11.6 Å². The summed E-state index contributed by atoms with van der Waals surface area (Å²) in [6.45, 7) is 16.2. The molecule has 0 amide bonds. The van der Waals surface area contributed by atoms with Crippen molar-refractivity contribution in [3.8, 4) is 0 Å². The predicted octanol–water partition coefficient (Wildman–Crippen LogP) is 6.75. The van der Waals surface area contributed by atoms with Crippen LogP contribution in [0.5, 0.6) is 0 Å². The first-order valence-electron chi connectivity index (χ1n) is 11.3. The van der Waals surface area contributed by atoms with Crippen molar-refractivity contribution in [1.82, 2.24) is 9.22 Å². The van der Waals surface area contributed by atoms with E-state index in [1.165, 1.54) is 18.2 Å². The van der Waals surface area contributed by atoms with Crippen molar-refractivity contribution in [2.24, 2.45) is 0 Å². The van der Waals surface area contributed by atoms with E-state index < -0.39 is 8.24 Å². The molecule has 166 valence electrons. The topological polar surface area (TPSA) is 44.1 Å². The molecule has 0 aliphatic carbocycles. The molecule has 0 fully saturated rings. The summed E-state index contributed by atoms with van der Waals surface area (Å²) in [5.74, 6) is -0.329. The van der Waals surface area contributed by atoms with E-state index in [1.807, 2.05) is 0 Å². The molecule has 0 N–H and O–H groups in total. The van der Waals surface area contributed by atoms with Gasteiger partial charge in [-0.1, -0.05) is 71.4 Å². The van der Waals surface area contributed by atoms with E-state index in [9.17, 15) is 4.79 Å². The highest BCUT2D eigenvalue weighted by molar-refractivity contribution is 6.82. The number of benzene rings is 1. The van der Waals surface area contributed by atoms with Gasteiger partial charge in [-0.2, -0.15) is 0 Å². The summed E-state index contributed by atoms with van der Waals surface area (Å²) < 4.78 is 7.60. The Balaban J connectivity index is 2.28. The minimum Gasteiger partial charge on any atom is -0.465 e. The van der Waals surface area contributed by atoms with Gasteiger partial charge in [0.1, 0.15) is 5.65 Å². The lowest BCUT2D eigenvalue weighted by Gasteiger charge is -2.44. The van der Waals surface area contributed by atoms with E-state index in [-0.39, 0.29) is 5.97 Å². The van der Waals surface area contributed by atoms with E-state index in [4.69, 9.17) is 9.72 Å². The second kappa shape index (κ2) is 8.99. The second-order valence-electron chi connectivity index (χ2n) is 9.58. The maximum Gasteiger partial charge on any atom is 0.339 e. The fourth-order valence-corrected chi connectivity index (χ4v) is 12.2. The first kappa shape index (κ1) is 23.3. The van der Waals surface area contributed by atoms with Gasteiger partial charge in [0.05, 0.1) is 12.7 Å². The minimum absolute atomic E-state index is 0.329. The van der Waals surface area contributed by atoms with Crippen LogP contribution in [0.1, 0.15) is 68.6 Å². The van der Waals surface area contributed by atoms with Crippen molar-refractivity contribution in [2.45, 2.75) is 71.5 Å². The number of rotatable bonds is 7. The summed E-state index contributed by atoms with van der Waals surface area (Å²) in [4.78, 5) is 17.4. The van der Waals surface area contributed by atoms with E-state index in [2.05, 4.69) is 89.2 Å². The molecular weight excluding hydrogens is 400 g/mol. The molecule has 31 heavy (non-hydrogen) atoms. The molecule has 0 saturated carbocycles. The van der Waals surface area contributed by atoms with Crippen LogP contribution < -0.4 is 0 Å². The molecule has 0 radical (unpaired) electrons. The molecule has 0 unspecified atom stereocenters. The standard InChI is InChI=1S/C26H36N2O2Si/c1-17(2)31(18(3)4,19(5)6)28-14-13-22-23(15-21-11-9-20(7)10-12-21)24(26(29)30-8)16-27-25(22)28/h9-14,16-19H,15H2,1-8H3. The number of aryl methyl sites for hydroxylation is 1. The number of carbonyl (C=O) groups is 1. The van der Waals surface area contributed by atoms with Crippen LogP contribution >= 0.6 is 0 Å². The lowest BCUT2D eigenvalue weighted by molar-refractivity contribution is 0.0599. The minimum atomic E-state index is -1.95. The molecule has 1 aromatic carbocycles. The first-order chi connectivity index (χ1) is 14.6. The van der Waals surface area contributed by atoms with Gasteiger partial charge in [-0.05, 0) is 53.4 Å². The smallest absolute Gasteiger partial charge is 0.339 e. The monoisotopic (exact) mass is 436 g/mol. The summed E-state index contributed by atoms with van der Waals surface area (Å²) >= 11 is 0. The molecule has 0 aliphatic rings. The Kier molecular flexibility index (Phi) is 6.75. The first-order valence-corrected chi connectivity index (χ1v) is 13.5. The maximum absolute atomic E-state index is 12.6. The van der Waals surface area contributed by atoms with E-state index in [0.29, 0.717) is 28.6 Å². The Morgan fingerprint density at radius 1 is 1.00 bits per heavy atom. The molecule has 0 spiro atoms. The van der Waals surface area contributed by atoms with Gasteiger partial charge >= 0.3 is 5.97 Å². The molecule has 2 heterocycles. The number of hydrogen-bond donors (Lipinski definition) is 0. The maximum atomic E-state index is 12.6. The third-order valence-electron chi connectivity index (χ3n) is 6.92. The second-order valence-corrected chi connectivity index (χ2v) is 15.3. The van der Waals surface area contributed by atoms with Crippen LogP contribution in [0.3, 0.4) is 0 Å². The van der Waals surface area contributed by atoms with Gasteiger partial charge < -0.3 is 8.97 Å². The van der Waals surface area contributed by atoms with E-state index in [1.54, 1.807) is 6.20 Å². The fraction of sp³-hybridized carbons (Fsp3) is 0.462. The van der Waals surface area contributed by atoms with Crippen LogP contribution in [-0.4, -0.2) is 30.5 Å². The van der Waals surface area contributed by atoms with Crippen molar-refractivity contribution >= 4 is 25.2 Å². The highest BCUT2D eigenvalue weighted by Crippen LogP contribution is 2.44. The summed E-state index contributed by atoms with van der Waals surface area (Å²) in [6, 6.07) is 10.7. The van der Waals surface area contributed by atoms with Gasteiger partial charge in [0.15, 0.2) is 8.24 Å². The zero-order chi connectivity index (χ0) is 22.9. The van der Waals surface area contributed by atoms with Gasteiger partial charge in [-0.3, -0.25) is 0 Å². The van der Waals surface area contributed by atoms with Gasteiger partial charge in [-0.25, -0.2) is 9.78 Å². The SMILES string of the molecule is COC(=O)c1cnc2c(ccn2[Si](C(C)C)(C(C)C)C(C)C)c1Cc1ccc(C)cc1. The predicted molar refractivity (Wildman–Crippen MR) is 132 cm³/mol.